The number of carbonyl (C=O) groups is 1. The van der Waals surface area contributed by atoms with Crippen LogP contribution in [0.4, 0.5) is 0 Å². The molecule has 0 aromatic carbocycles. The van der Waals surface area contributed by atoms with E-state index < -0.39 is 5.54 Å². The molecule has 0 aromatic rings. The van der Waals surface area contributed by atoms with Crippen molar-refractivity contribution in [3.05, 3.63) is 0 Å². The first kappa shape index (κ1) is 10.9. The SMILES string of the molecule is CC1CCCCC1(N)C(=O)OCC1CC1. The van der Waals surface area contributed by atoms with Crippen molar-refractivity contribution in [2.24, 2.45) is 17.6 Å². The summed E-state index contributed by atoms with van der Waals surface area (Å²) in [5.41, 5.74) is 5.48. The van der Waals surface area contributed by atoms with Gasteiger partial charge in [-0.3, -0.25) is 4.79 Å². The fourth-order valence-corrected chi connectivity index (χ4v) is 2.29. The molecular weight excluding hydrogens is 190 g/mol. The highest BCUT2D eigenvalue weighted by Gasteiger charge is 2.43. The molecule has 2 fully saturated rings. The summed E-state index contributed by atoms with van der Waals surface area (Å²) in [7, 11) is 0. The molecule has 15 heavy (non-hydrogen) atoms. The smallest absolute Gasteiger partial charge is 0.326 e. The Morgan fingerprint density at radius 2 is 2.13 bits per heavy atom. The van der Waals surface area contributed by atoms with Crippen LogP contribution in [0.1, 0.15) is 45.4 Å². The van der Waals surface area contributed by atoms with E-state index in [0.717, 1.165) is 19.3 Å². The van der Waals surface area contributed by atoms with Gasteiger partial charge in [0.15, 0.2) is 0 Å². The second kappa shape index (κ2) is 4.12. The summed E-state index contributed by atoms with van der Waals surface area (Å²) in [5.74, 6) is 0.719. The van der Waals surface area contributed by atoms with Crippen LogP contribution in [0, 0.1) is 11.8 Å². The first-order valence-electron chi connectivity index (χ1n) is 6.09. The number of rotatable bonds is 3. The molecule has 0 bridgehead atoms. The van der Waals surface area contributed by atoms with Gasteiger partial charge in [-0.05, 0) is 37.5 Å². The summed E-state index contributed by atoms with van der Waals surface area (Å²) in [6.07, 6.45) is 6.50. The first-order valence-corrected chi connectivity index (χ1v) is 6.09. The Kier molecular flexibility index (Phi) is 3.01. The molecule has 0 spiro atoms. The highest BCUT2D eigenvalue weighted by Crippen LogP contribution is 2.34. The molecule has 3 heteroatoms. The van der Waals surface area contributed by atoms with Gasteiger partial charge in [-0.1, -0.05) is 19.8 Å². The maximum Gasteiger partial charge on any atom is 0.326 e. The van der Waals surface area contributed by atoms with E-state index in [1.165, 1.54) is 19.3 Å². The minimum atomic E-state index is -0.701. The van der Waals surface area contributed by atoms with Crippen LogP contribution < -0.4 is 5.73 Å². The molecule has 0 amide bonds. The summed E-state index contributed by atoms with van der Waals surface area (Å²) >= 11 is 0. The van der Waals surface area contributed by atoms with Gasteiger partial charge in [0.2, 0.25) is 0 Å². The van der Waals surface area contributed by atoms with Crippen LogP contribution in [-0.4, -0.2) is 18.1 Å². The molecule has 0 radical (unpaired) electrons. The molecule has 2 saturated carbocycles. The van der Waals surface area contributed by atoms with Gasteiger partial charge < -0.3 is 10.5 Å². The quantitative estimate of drug-likeness (QED) is 0.725. The molecule has 2 aliphatic carbocycles. The molecule has 2 N–H and O–H groups in total. The molecule has 0 aromatic heterocycles. The maximum atomic E-state index is 11.9. The summed E-state index contributed by atoms with van der Waals surface area (Å²) in [4.78, 5) is 11.9. The zero-order chi connectivity index (χ0) is 10.9. The third-order valence-corrected chi connectivity index (χ3v) is 3.88. The van der Waals surface area contributed by atoms with Gasteiger partial charge in [0, 0.05) is 0 Å². The van der Waals surface area contributed by atoms with Crippen molar-refractivity contribution in [3.8, 4) is 0 Å². The van der Waals surface area contributed by atoms with E-state index in [1.54, 1.807) is 0 Å². The highest BCUT2D eigenvalue weighted by atomic mass is 16.5. The molecule has 3 nitrogen and oxygen atoms in total. The van der Waals surface area contributed by atoms with Gasteiger partial charge in [-0.15, -0.1) is 0 Å². The Labute approximate surface area is 91.4 Å². The monoisotopic (exact) mass is 211 g/mol. The van der Waals surface area contributed by atoms with E-state index in [2.05, 4.69) is 6.92 Å². The highest BCUT2D eigenvalue weighted by molar-refractivity contribution is 5.81. The number of carbonyl (C=O) groups excluding carboxylic acids is 1. The molecule has 2 unspecified atom stereocenters. The van der Waals surface area contributed by atoms with Gasteiger partial charge in [-0.25, -0.2) is 0 Å². The lowest BCUT2D eigenvalue weighted by Crippen LogP contribution is -2.55. The number of hydrogen-bond donors (Lipinski definition) is 1. The molecule has 2 rings (SSSR count). The van der Waals surface area contributed by atoms with Crippen molar-refractivity contribution in [1.82, 2.24) is 0 Å². The standard InChI is InChI=1S/C12H21NO2/c1-9-4-2-3-7-12(9,13)11(14)15-8-10-5-6-10/h9-10H,2-8,13H2,1H3. The van der Waals surface area contributed by atoms with Gasteiger partial charge >= 0.3 is 5.97 Å². The molecule has 0 aliphatic heterocycles. The van der Waals surface area contributed by atoms with E-state index in [-0.39, 0.29) is 11.9 Å². The molecular formula is C12H21NO2. The number of esters is 1. The lowest BCUT2D eigenvalue weighted by Gasteiger charge is -2.36. The average molecular weight is 211 g/mol. The van der Waals surface area contributed by atoms with Crippen LogP contribution in [0.3, 0.4) is 0 Å². The summed E-state index contributed by atoms with van der Waals surface area (Å²) in [5, 5.41) is 0. The second-order valence-corrected chi connectivity index (χ2v) is 5.23. The minimum absolute atomic E-state index is 0.165. The molecule has 86 valence electrons. The lowest BCUT2D eigenvalue weighted by molar-refractivity contribution is -0.154. The van der Waals surface area contributed by atoms with Crippen molar-refractivity contribution in [2.75, 3.05) is 6.61 Å². The summed E-state index contributed by atoms with van der Waals surface area (Å²) in [6, 6.07) is 0. The van der Waals surface area contributed by atoms with E-state index in [9.17, 15) is 4.79 Å². The van der Waals surface area contributed by atoms with E-state index in [4.69, 9.17) is 10.5 Å². The van der Waals surface area contributed by atoms with Crippen molar-refractivity contribution in [2.45, 2.75) is 51.0 Å². The Balaban J connectivity index is 1.89. The van der Waals surface area contributed by atoms with Crippen LogP contribution in [0.5, 0.6) is 0 Å². The largest absolute Gasteiger partial charge is 0.464 e. The molecule has 0 heterocycles. The van der Waals surface area contributed by atoms with Crippen LogP contribution >= 0.6 is 0 Å². The van der Waals surface area contributed by atoms with Gasteiger partial charge in [0.25, 0.3) is 0 Å². The lowest BCUT2D eigenvalue weighted by atomic mass is 9.74. The van der Waals surface area contributed by atoms with Crippen LogP contribution in [0.25, 0.3) is 0 Å². The van der Waals surface area contributed by atoms with Crippen molar-refractivity contribution in [3.63, 3.8) is 0 Å². The van der Waals surface area contributed by atoms with Crippen molar-refractivity contribution < 1.29 is 9.53 Å². The van der Waals surface area contributed by atoms with Gasteiger partial charge in [-0.2, -0.15) is 0 Å². The first-order chi connectivity index (χ1) is 7.13. The summed E-state index contributed by atoms with van der Waals surface area (Å²) < 4.78 is 5.31. The van der Waals surface area contributed by atoms with Gasteiger partial charge in [0.1, 0.15) is 5.54 Å². The topological polar surface area (TPSA) is 52.3 Å². The van der Waals surface area contributed by atoms with E-state index >= 15 is 0 Å². The third-order valence-electron chi connectivity index (χ3n) is 3.88. The minimum Gasteiger partial charge on any atom is -0.464 e. The zero-order valence-electron chi connectivity index (χ0n) is 9.50. The van der Waals surface area contributed by atoms with Crippen LogP contribution in [-0.2, 0) is 9.53 Å². The maximum absolute atomic E-state index is 11.9. The molecule has 2 aliphatic rings. The zero-order valence-corrected chi connectivity index (χ0v) is 9.50. The second-order valence-electron chi connectivity index (χ2n) is 5.23. The number of hydrogen-bond acceptors (Lipinski definition) is 3. The number of ether oxygens (including phenoxy) is 1. The molecule has 2 atom stereocenters. The average Bonchev–Trinajstić information content (AvgIpc) is 3.02. The van der Waals surface area contributed by atoms with E-state index in [0.29, 0.717) is 12.5 Å². The van der Waals surface area contributed by atoms with Gasteiger partial charge in [0.05, 0.1) is 6.61 Å². The van der Waals surface area contributed by atoms with Crippen LogP contribution in [0.15, 0.2) is 0 Å². The Morgan fingerprint density at radius 3 is 2.73 bits per heavy atom. The van der Waals surface area contributed by atoms with E-state index in [1.807, 2.05) is 0 Å². The molecule has 0 saturated heterocycles. The Morgan fingerprint density at radius 1 is 1.40 bits per heavy atom. The van der Waals surface area contributed by atoms with Crippen LogP contribution in [0.2, 0.25) is 0 Å². The van der Waals surface area contributed by atoms with Crippen molar-refractivity contribution in [1.29, 1.82) is 0 Å². The predicted octanol–water partition coefficient (Wildman–Crippen LogP) is 1.85. The van der Waals surface area contributed by atoms with Crippen molar-refractivity contribution >= 4 is 5.97 Å². The number of nitrogens with two attached hydrogens (primary N) is 1. The Hall–Kier alpha value is -0.570. The Bertz CT molecular complexity index is 250. The summed E-state index contributed by atoms with van der Waals surface area (Å²) in [6.45, 7) is 2.65. The third kappa shape index (κ3) is 2.33. The predicted molar refractivity (Wildman–Crippen MR) is 58.2 cm³/mol. The normalized spacial score (nSPS) is 36.3. The fraction of sp³-hybridized carbons (Fsp3) is 0.917. The fourth-order valence-electron chi connectivity index (χ4n) is 2.29.